The van der Waals surface area contributed by atoms with Crippen LogP contribution in [0, 0.1) is 6.92 Å². The number of fused-ring (bicyclic) bond motifs is 1. The number of ether oxygens (including phenoxy) is 1. The monoisotopic (exact) mass is 432 g/mol. The fraction of sp³-hybridized carbons (Fsp3) is 0.400. The Morgan fingerprint density at radius 1 is 1.19 bits per heavy atom. The molecule has 2 heterocycles. The minimum absolute atomic E-state index is 0.107. The van der Waals surface area contributed by atoms with Crippen molar-refractivity contribution in [2.45, 2.75) is 45.3 Å². The zero-order valence-electron chi connectivity index (χ0n) is 18.5. The number of nitrogens with one attached hydrogen (secondary N) is 1. The fourth-order valence-corrected chi connectivity index (χ4v) is 4.23. The van der Waals surface area contributed by atoms with Gasteiger partial charge in [0.2, 0.25) is 0 Å². The van der Waals surface area contributed by atoms with E-state index in [1.807, 2.05) is 25.1 Å². The summed E-state index contributed by atoms with van der Waals surface area (Å²) in [7, 11) is 0. The molecule has 2 aliphatic rings. The molecule has 32 heavy (non-hydrogen) atoms. The van der Waals surface area contributed by atoms with E-state index in [4.69, 9.17) is 4.74 Å². The predicted molar refractivity (Wildman–Crippen MR) is 124 cm³/mol. The van der Waals surface area contributed by atoms with E-state index in [1.54, 1.807) is 18.2 Å². The lowest BCUT2D eigenvalue weighted by Crippen LogP contribution is -2.26. The molecule has 7 nitrogen and oxygen atoms in total. The third kappa shape index (κ3) is 4.12. The Labute approximate surface area is 187 Å². The van der Waals surface area contributed by atoms with Crippen molar-refractivity contribution < 1.29 is 9.53 Å². The zero-order valence-corrected chi connectivity index (χ0v) is 18.5. The largest absolute Gasteiger partial charge is 0.489 e. The number of aryl methyl sites for hydroxylation is 1. The Kier molecular flexibility index (Phi) is 5.43. The highest BCUT2D eigenvalue weighted by molar-refractivity contribution is 5.95. The summed E-state index contributed by atoms with van der Waals surface area (Å²) in [5.74, 6) is 0.579. The minimum atomic E-state index is -0.176. The van der Waals surface area contributed by atoms with Crippen molar-refractivity contribution in [2.24, 2.45) is 0 Å². The van der Waals surface area contributed by atoms with Gasteiger partial charge in [-0.25, -0.2) is 4.98 Å². The number of hydrogen-bond acceptors (Lipinski definition) is 5. The predicted octanol–water partition coefficient (Wildman–Crippen LogP) is 3.06. The Morgan fingerprint density at radius 3 is 2.78 bits per heavy atom. The van der Waals surface area contributed by atoms with Crippen molar-refractivity contribution in [3.05, 3.63) is 64.2 Å². The Morgan fingerprint density at radius 2 is 2.03 bits per heavy atom. The Bertz CT molecular complexity index is 1230. The van der Waals surface area contributed by atoms with Crippen molar-refractivity contribution in [3.8, 4) is 11.4 Å². The van der Waals surface area contributed by atoms with Gasteiger partial charge in [0.15, 0.2) is 0 Å². The first kappa shape index (κ1) is 20.7. The SMILES string of the molecule is CCN1CCC(Oc2ccc3ncn(-c4cc(C(=O)NC5CC5)ccc4C)c(=O)c3c2)C1. The van der Waals surface area contributed by atoms with E-state index in [1.165, 1.54) is 10.9 Å². The highest BCUT2D eigenvalue weighted by atomic mass is 16.5. The molecule has 0 radical (unpaired) electrons. The number of benzene rings is 2. The van der Waals surface area contributed by atoms with Gasteiger partial charge in [0.05, 0.1) is 16.6 Å². The van der Waals surface area contributed by atoms with Crippen LogP contribution in [0.25, 0.3) is 16.6 Å². The zero-order chi connectivity index (χ0) is 22.2. The van der Waals surface area contributed by atoms with Gasteiger partial charge in [-0.05, 0) is 68.6 Å². The lowest BCUT2D eigenvalue weighted by Gasteiger charge is -2.16. The molecular weight excluding hydrogens is 404 g/mol. The normalized spacial score (nSPS) is 18.8. The quantitative estimate of drug-likeness (QED) is 0.648. The molecule has 5 rings (SSSR count). The number of likely N-dealkylation sites (N-methyl/N-ethyl adjacent to an activating group) is 1. The molecule has 7 heteroatoms. The van der Waals surface area contributed by atoms with E-state index in [0.29, 0.717) is 27.9 Å². The average Bonchev–Trinajstić information content (AvgIpc) is 3.50. The van der Waals surface area contributed by atoms with Gasteiger partial charge in [-0.2, -0.15) is 0 Å². The standard InChI is InChI=1S/C25H28N4O3/c1-3-28-11-10-20(14-28)32-19-8-9-22-21(13-19)25(31)29(15-26-22)23-12-17(5-4-16(23)2)24(30)27-18-6-7-18/h4-5,8-9,12-13,15,18,20H,3,6-7,10-11,14H2,1-2H3,(H,27,30). The number of amides is 1. The molecule has 166 valence electrons. The van der Waals surface area contributed by atoms with Crippen molar-refractivity contribution in [1.29, 1.82) is 0 Å². The molecule has 1 unspecified atom stereocenters. The van der Waals surface area contributed by atoms with Gasteiger partial charge in [0.25, 0.3) is 11.5 Å². The average molecular weight is 433 g/mol. The van der Waals surface area contributed by atoms with Gasteiger partial charge in [-0.3, -0.25) is 19.1 Å². The molecule has 1 atom stereocenters. The number of hydrogen-bond donors (Lipinski definition) is 1. The second kappa shape index (κ2) is 8.39. The molecule has 1 aromatic heterocycles. The first-order valence-corrected chi connectivity index (χ1v) is 11.3. The number of aromatic nitrogens is 2. The van der Waals surface area contributed by atoms with Crippen LogP contribution >= 0.6 is 0 Å². The summed E-state index contributed by atoms with van der Waals surface area (Å²) in [4.78, 5) is 32.7. The molecular formula is C25H28N4O3. The summed E-state index contributed by atoms with van der Waals surface area (Å²) >= 11 is 0. The molecule has 3 aromatic rings. The maximum atomic E-state index is 13.4. The number of carbonyl (C=O) groups is 1. The second-order valence-electron chi connectivity index (χ2n) is 8.77. The van der Waals surface area contributed by atoms with Gasteiger partial charge in [0.1, 0.15) is 18.2 Å². The number of carbonyl (C=O) groups excluding carboxylic acids is 1. The molecule has 1 aliphatic carbocycles. The van der Waals surface area contributed by atoms with Gasteiger partial charge in [0, 0.05) is 24.7 Å². The third-order valence-corrected chi connectivity index (χ3v) is 6.35. The molecule has 1 amide bonds. The van der Waals surface area contributed by atoms with Crippen molar-refractivity contribution in [2.75, 3.05) is 19.6 Å². The summed E-state index contributed by atoms with van der Waals surface area (Å²) in [5, 5.41) is 3.50. The fourth-order valence-electron chi connectivity index (χ4n) is 4.23. The van der Waals surface area contributed by atoms with Crippen molar-refractivity contribution >= 4 is 16.8 Å². The summed E-state index contributed by atoms with van der Waals surface area (Å²) < 4.78 is 7.68. The number of likely N-dealkylation sites (tertiary alicyclic amines) is 1. The van der Waals surface area contributed by atoms with E-state index in [-0.39, 0.29) is 23.6 Å². The molecule has 0 spiro atoms. The second-order valence-corrected chi connectivity index (χ2v) is 8.77. The maximum absolute atomic E-state index is 13.4. The topological polar surface area (TPSA) is 76.5 Å². The van der Waals surface area contributed by atoms with Crippen LogP contribution in [0.3, 0.4) is 0 Å². The Balaban J connectivity index is 1.47. The summed E-state index contributed by atoms with van der Waals surface area (Å²) in [6.45, 7) is 7.03. The minimum Gasteiger partial charge on any atom is -0.489 e. The van der Waals surface area contributed by atoms with Gasteiger partial charge in [-0.1, -0.05) is 13.0 Å². The van der Waals surface area contributed by atoms with E-state index >= 15 is 0 Å². The molecule has 1 aliphatic heterocycles. The van der Waals surface area contributed by atoms with Crippen molar-refractivity contribution in [3.63, 3.8) is 0 Å². The molecule has 1 N–H and O–H groups in total. The first-order chi connectivity index (χ1) is 15.5. The summed E-state index contributed by atoms with van der Waals surface area (Å²) in [5.41, 5.74) is 2.55. The van der Waals surface area contributed by atoms with Crippen LogP contribution in [0.5, 0.6) is 5.75 Å². The summed E-state index contributed by atoms with van der Waals surface area (Å²) in [6, 6.07) is 11.2. The van der Waals surface area contributed by atoms with Crippen LogP contribution in [0.2, 0.25) is 0 Å². The number of rotatable bonds is 6. The van der Waals surface area contributed by atoms with E-state index in [0.717, 1.165) is 44.5 Å². The van der Waals surface area contributed by atoms with Gasteiger partial charge < -0.3 is 10.1 Å². The molecule has 2 aromatic carbocycles. The van der Waals surface area contributed by atoms with Gasteiger partial charge >= 0.3 is 0 Å². The molecule has 2 fully saturated rings. The van der Waals surface area contributed by atoms with E-state index < -0.39 is 0 Å². The maximum Gasteiger partial charge on any atom is 0.265 e. The van der Waals surface area contributed by atoms with Crippen LogP contribution in [-0.4, -0.2) is 52.1 Å². The van der Waals surface area contributed by atoms with Crippen LogP contribution < -0.4 is 15.6 Å². The summed E-state index contributed by atoms with van der Waals surface area (Å²) in [6.07, 6.45) is 4.71. The highest BCUT2D eigenvalue weighted by Crippen LogP contribution is 2.23. The van der Waals surface area contributed by atoms with Crippen LogP contribution in [0.1, 0.15) is 42.1 Å². The van der Waals surface area contributed by atoms with Crippen LogP contribution in [-0.2, 0) is 0 Å². The Hall–Kier alpha value is -3.19. The van der Waals surface area contributed by atoms with Gasteiger partial charge in [-0.15, -0.1) is 0 Å². The molecule has 1 saturated carbocycles. The molecule has 0 bridgehead atoms. The lowest BCUT2D eigenvalue weighted by molar-refractivity contribution is 0.0951. The highest BCUT2D eigenvalue weighted by Gasteiger charge is 2.24. The van der Waals surface area contributed by atoms with E-state index in [9.17, 15) is 9.59 Å². The lowest BCUT2D eigenvalue weighted by atomic mass is 10.1. The van der Waals surface area contributed by atoms with Crippen LogP contribution in [0.4, 0.5) is 0 Å². The molecule has 1 saturated heterocycles. The first-order valence-electron chi connectivity index (χ1n) is 11.3. The van der Waals surface area contributed by atoms with E-state index in [2.05, 4.69) is 22.1 Å². The number of nitrogens with zero attached hydrogens (tertiary/aromatic N) is 3. The van der Waals surface area contributed by atoms with Crippen LogP contribution in [0.15, 0.2) is 47.5 Å². The third-order valence-electron chi connectivity index (χ3n) is 6.35. The smallest absolute Gasteiger partial charge is 0.265 e. The van der Waals surface area contributed by atoms with Crippen molar-refractivity contribution in [1.82, 2.24) is 19.8 Å².